The van der Waals surface area contributed by atoms with Crippen LogP contribution in [0.1, 0.15) is 31.4 Å². The number of rotatable bonds is 1. The molecule has 13 heavy (non-hydrogen) atoms. The minimum Gasteiger partial charge on any atom is -0.299 e. The third kappa shape index (κ3) is 1.28. The second-order valence-corrected chi connectivity index (χ2v) is 3.78. The SMILES string of the molecule is CC1C(=O)CCC1c1ccnn1C. The Morgan fingerprint density at radius 1 is 1.62 bits per heavy atom. The Bertz CT molecular complexity index is 329. The molecule has 0 N–H and O–H groups in total. The molecule has 1 aliphatic carbocycles. The van der Waals surface area contributed by atoms with Crippen molar-refractivity contribution in [3.05, 3.63) is 18.0 Å². The molecule has 2 atom stereocenters. The number of Topliss-reactive ketones (excluding diaryl/α,β-unsaturated/α-hetero) is 1. The molecule has 0 aliphatic heterocycles. The summed E-state index contributed by atoms with van der Waals surface area (Å²) in [4.78, 5) is 11.4. The smallest absolute Gasteiger partial charge is 0.136 e. The molecule has 0 aromatic carbocycles. The summed E-state index contributed by atoms with van der Waals surface area (Å²) < 4.78 is 1.87. The average Bonchev–Trinajstić information content (AvgIpc) is 2.62. The topological polar surface area (TPSA) is 34.9 Å². The molecular weight excluding hydrogens is 164 g/mol. The minimum atomic E-state index is 0.176. The molecule has 1 aromatic rings. The third-order valence-corrected chi connectivity index (χ3v) is 3.05. The molecule has 3 heteroatoms. The summed E-state index contributed by atoms with van der Waals surface area (Å²) >= 11 is 0. The lowest BCUT2D eigenvalue weighted by Crippen LogP contribution is -2.12. The van der Waals surface area contributed by atoms with Crippen LogP contribution < -0.4 is 0 Å². The van der Waals surface area contributed by atoms with Crippen molar-refractivity contribution in [2.75, 3.05) is 0 Å². The zero-order chi connectivity index (χ0) is 9.42. The van der Waals surface area contributed by atoms with E-state index in [2.05, 4.69) is 5.10 Å². The second kappa shape index (κ2) is 2.98. The first-order valence-corrected chi connectivity index (χ1v) is 4.70. The second-order valence-electron chi connectivity index (χ2n) is 3.78. The van der Waals surface area contributed by atoms with Crippen LogP contribution in [-0.2, 0) is 11.8 Å². The predicted molar refractivity (Wildman–Crippen MR) is 49.4 cm³/mol. The summed E-state index contributed by atoms with van der Waals surface area (Å²) in [6.07, 6.45) is 3.52. The summed E-state index contributed by atoms with van der Waals surface area (Å²) in [5, 5.41) is 4.13. The first-order valence-electron chi connectivity index (χ1n) is 4.70. The van der Waals surface area contributed by atoms with E-state index in [0.717, 1.165) is 12.8 Å². The quantitative estimate of drug-likeness (QED) is 0.653. The third-order valence-electron chi connectivity index (χ3n) is 3.05. The summed E-state index contributed by atoms with van der Waals surface area (Å²) in [6, 6.07) is 2.01. The van der Waals surface area contributed by atoms with Gasteiger partial charge < -0.3 is 0 Å². The van der Waals surface area contributed by atoms with Gasteiger partial charge in [0.05, 0.1) is 0 Å². The van der Waals surface area contributed by atoms with E-state index >= 15 is 0 Å². The standard InChI is InChI=1S/C10H14N2O/c1-7-8(3-4-10(7)13)9-5-6-11-12(9)2/h5-8H,3-4H2,1-2H3. The Kier molecular flexibility index (Phi) is 1.94. The van der Waals surface area contributed by atoms with Crippen LogP contribution in [0.4, 0.5) is 0 Å². The van der Waals surface area contributed by atoms with Gasteiger partial charge in [0.15, 0.2) is 0 Å². The van der Waals surface area contributed by atoms with Crippen LogP contribution in [0.5, 0.6) is 0 Å². The summed E-state index contributed by atoms with van der Waals surface area (Å²) in [5.41, 5.74) is 1.19. The number of hydrogen-bond acceptors (Lipinski definition) is 2. The van der Waals surface area contributed by atoms with Crippen molar-refractivity contribution >= 4 is 5.78 Å². The highest BCUT2D eigenvalue weighted by Crippen LogP contribution is 2.36. The Labute approximate surface area is 77.7 Å². The number of hydrogen-bond donors (Lipinski definition) is 0. The molecule has 1 saturated carbocycles. The highest BCUT2D eigenvalue weighted by molar-refractivity contribution is 5.83. The van der Waals surface area contributed by atoms with Crippen molar-refractivity contribution in [2.45, 2.75) is 25.7 Å². The zero-order valence-corrected chi connectivity index (χ0v) is 8.03. The fourth-order valence-electron chi connectivity index (χ4n) is 2.15. The molecule has 2 rings (SSSR count). The van der Waals surface area contributed by atoms with E-state index in [1.807, 2.05) is 24.7 Å². The van der Waals surface area contributed by atoms with Crippen LogP contribution in [-0.4, -0.2) is 15.6 Å². The fourth-order valence-corrected chi connectivity index (χ4v) is 2.15. The van der Waals surface area contributed by atoms with Crippen LogP contribution in [0.2, 0.25) is 0 Å². The van der Waals surface area contributed by atoms with Gasteiger partial charge in [-0.15, -0.1) is 0 Å². The highest BCUT2D eigenvalue weighted by atomic mass is 16.1. The van der Waals surface area contributed by atoms with E-state index in [0.29, 0.717) is 11.7 Å². The number of aryl methyl sites for hydroxylation is 1. The van der Waals surface area contributed by atoms with Crippen LogP contribution >= 0.6 is 0 Å². The van der Waals surface area contributed by atoms with Crippen molar-refractivity contribution in [2.24, 2.45) is 13.0 Å². The number of aromatic nitrogens is 2. The Hall–Kier alpha value is -1.12. The Balaban J connectivity index is 2.28. The fraction of sp³-hybridized carbons (Fsp3) is 0.600. The monoisotopic (exact) mass is 178 g/mol. The lowest BCUT2D eigenvalue weighted by molar-refractivity contribution is -0.120. The normalized spacial score (nSPS) is 28.3. The van der Waals surface area contributed by atoms with Gasteiger partial charge >= 0.3 is 0 Å². The van der Waals surface area contributed by atoms with Crippen LogP contribution in [0.25, 0.3) is 0 Å². The predicted octanol–water partition coefficient (Wildman–Crippen LogP) is 1.50. The van der Waals surface area contributed by atoms with E-state index < -0.39 is 0 Å². The molecule has 0 bridgehead atoms. The van der Waals surface area contributed by atoms with Gasteiger partial charge in [0.1, 0.15) is 5.78 Å². The van der Waals surface area contributed by atoms with Gasteiger partial charge in [-0.2, -0.15) is 5.10 Å². The highest BCUT2D eigenvalue weighted by Gasteiger charge is 2.33. The molecule has 3 nitrogen and oxygen atoms in total. The van der Waals surface area contributed by atoms with Crippen molar-refractivity contribution in [3.63, 3.8) is 0 Å². The van der Waals surface area contributed by atoms with Crippen LogP contribution in [0, 0.1) is 5.92 Å². The maximum atomic E-state index is 11.4. The number of ketones is 1. The molecule has 0 saturated heterocycles. The van der Waals surface area contributed by atoms with E-state index in [9.17, 15) is 4.79 Å². The van der Waals surface area contributed by atoms with Gasteiger partial charge in [0.25, 0.3) is 0 Å². The van der Waals surface area contributed by atoms with Crippen LogP contribution in [0.3, 0.4) is 0 Å². The van der Waals surface area contributed by atoms with E-state index in [-0.39, 0.29) is 5.92 Å². The molecule has 1 heterocycles. The van der Waals surface area contributed by atoms with Crippen molar-refractivity contribution in [3.8, 4) is 0 Å². The van der Waals surface area contributed by atoms with E-state index in [1.165, 1.54) is 5.69 Å². The molecule has 2 unspecified atom stereocenters. The molecule has 0 radical (unpaired) electrons. The first-order chi connectivity index (χ1) is 6.20. The molecule has 70 valence electrons. The van der Waals surface area contributed by atoms with Gasteiger partial charge in [-0.05, 0) is 12.5 Å². The maximum Gasteiger partial charge on any atom is 0.136 e. The van der Waals surface area contributed by atoms with Crippen molar-refractivity contribution in [1.82, 2.24) is 9.78 Å². The number of carbonyl (C=O) groups is 1. The number of nitrogens with zero attached hydrogens (tertiary/aromatic N) is 2. The molecule has 1 fully saturated rings. The number of carbonyl (C=O) groups excluding carboxylic acids is 1. The molecular formula is C10H14N2O. The summed E-state index contributed by atoms with van der Waals surface area (Å²) in [6.45, 7) is 2.02. The van der Waals surface area contributed by atoms with E-state index in [4.69, 9.17) is 0 Å². The summed E-state index contributed by atoms with van der Waals surface area (Å²) in [5.74, 6) is 0.960. The average molecular weight is 178 g/mol. The summed E-state index contributed by atoms with van der Waals surface area (Å²) in [7, 11) is 1.94. The Morgan fingerprint density at radius 2 is 2.38 bits per heavy atom. The van der Waals surface area contributed by atoms with Gasteiger partial charge in [-0.1, -0.05) is 6.92 Å². The largest absolute Gasteiger partial charge is 0.299 e. The lowest BCUT2D eigenvalue weighted by atomic mass is 9.94. The first kappa shape index (κ1) is 8.48. The van der Waals surface area contributed by atoms with Gasteiger partial charge in [0.2, 0.25) is 0 Å². The molecule has 1 aromatic heterocycles. The van der Waals surface area contributed by atoms with Gasteiger partial charge in [0, 0.05) is 37.2 Å². The van der Waals surface area contributed by atoms with Crippen LogP contribution in [0.15, 0.2) is 12.3 Å². The van der Waals surface area contributed by atoms with Gasteiger partial charge in [-0.3, -0.25) is 9.48 Å². The van der Waals surface area contributed by atoms with Crippen molar-refractivity contribution in [1.29, 1.82) is 0 Å². The molecule has 0 amide bonds. The minimum absolute atomic E-state index is 0.176. The molecule has 0 spiro atoms. The van der Waals surface area contributed by atoms with E-state index in [1.54, 1.807) is 6.20 Å². The zero-order valence-electron chi connectivity index (χ0n) is 8.03. The lowest BCUT2D eigenvalue weighted by Gasteiger charge is -2.13. The molecule has 1 aliphatic rings. The Morgan fingerprint density at radius 3 is 2.85 bits per heavy atom. The van der Waals surface area contributed by atoms with Gasteiger partial charge in [-0.25, -0.2) is 0 Å². The maximum absolute atomic E-state index is 11.4. The van der Waals surface area contributed by atoms with Crippen molar-refractivity contribution < 1.29 is 4.79 Å².